The molecule has 1 aromatic carbocycles. The van der Waals surface area contributed by atoms with Gasteiger partial charge < -0.3 is 10.1 Å². The van der Waals surface area contributed by atoms with E-state index in [1.54, 1.807) is 30.0 Å². The van der Waals surface area contributed by atoms with Crippen molar-refractivity contribution < 1.29 is 9.13 Å². The van der Waals surface area contributed by atoms with Crippen molar-refractivity contribution >= 4 is 11.5 Å². The average Bonchev–Trinajstić information content (AvgIpc) is 3.28. The Morgan fingerprint density at radius 1 is 1.22 bits per heavy atom. The van der Waals surface area contributed by atoms with Crippen LogP contribution in [0.3, 0.4) is 0 Å². The number of hydrogen-bond donors (Lipinski definition) is 1. The Labute approximate surface area is 158 Å². The summed E-state index contributed by atoms with van der Waals surface area (Å²) in [6.07, 6.45) is 1.77. The molecule has 0 saturated carbocycles. The van der Waals surface area contributed by atoms with Gasteiger partial charge >= 0.3 is 0 Å². The number of halogens is 1. The van der Waals surface area contributed by atoms with E-state index in [0.29, 0.717) is 22.9 Å². The lowest BCUT2D eigenvalue weighted by molar-refractivity contribution is 0.0982. The minimum atomic E-state index is -0.290. The first-order valence-corrected chi connectivity index (χ1v) is 9.20. The summed E-state index contributed by atoms with van der Waals surface area (Å²) >= 11 is 0. The summed E-state index contributed by atoms with van der Waals surface area (Å²) in [5.74, 6) is 0.488. The Kier molecular flexibility index (Phi) is 4.80. The molecule has 3 aromatic rings. The second-order valence-electron chi connectivity index (χ2n) is 7.18. The number of likely N-dealkylation sites (tertiary alicyclic amines) is 1. The molecule has 0 amide bonds. The highest BCUT2D eigenvalue weighted by Gasteiger charge is 2.34. The van der Waals surface area contributed by atoms with Crippen LogP contribution in [0.1, 0.15) is 13.8 Å². The molecular weight excluding hydrogens is 345 g/mol. The molecule has 2 aromatic heterocycles. The molecule has 4 rings (SSSR count). The Hall–Kier alpha value is -2.51. The lowest BCUT2D eigenvalue weighted by Crippen LogP contribution is -2.34. The molecule has 2 atom stereocenters. The minimum absolute atomic E-state index is 0.0723. The van der Waals surface area contributed by atoms with Gasteiger partial charge in [-0.2, -0.15) is 9.61 Å². The maximum absolute atomic E-state index is 14.3. The number of nitrogens with zero attached hydrogens (tertiary/aromatic N) is 4. The molecule has 7 heteroatoms. The summed E-state index contributed by atoms with van der Waals surface area (Å²) in [6.45, 7) is 6.11. The number of benzene rings is 1. The first-order valence-electron chi connectivity index (χ1n) is 9.20. The molecule has 6 nitrogen and oxygen atoms in total. The predicted molar refractivity (Wildman–Crippen MR) is 103 cm³/mol. The van der Waals surface area contributed by atoms with Crippen LogP contribution in [0.4, 0.5) is 10.2 Å². The summed E-state index contributed by atoms with van der Waals surface area (Å²) < 4.78 is 21.7. The second kappa shape index (κ2) is 7.25. The van der Waals surface area contributed by atoms with Gasteiger partial charge in [-0.1, -0.05) is 12.1 Å². The molecule has 1 fully saturated rings. The van der Waals surface area contributed by atoms with E-state index < -0.39 is 0 Å². The zero-order valence-corrected chi connectivity index (χ0v) is 15.8. The van der Waals surface area contributed by atoms with Crippen LogP contribution in [-0.2, 0) is 4.74 Å². The van der Waals surface area contributed by atoms with Crippen LogP contribution >= 0.6 is 0 Å². The number of anilines is 1. The number of ether oxygens (including phenoxy) is 1. The lowest BCUT2D eigenvalue weighted by Gasteiger charge is -2.21. The second-order valence-corrected chi connectivity index (χ2v) is 7.18. The molecule has 0 bridgehead atoms. The van der Waals surface area contributed by atoms with Crippen molar-refractivity contribution in [2.24, 2.45) is 0 Å². The van der Waals surface area contributed by atoms with Gasteiger partial charge in [0.1, 0.15) is 11.6 Å². The molecular formula is C20H24FN5O. The van der Waals surface area contributed by atoms with Crippen molar-refractivity contribution in [2.75, 3.05) is 25.5 Å². The quantitative estimate of drug-likeness (QED) is 0.749. The van der Waals surface area contributed by atoms with E-state index in [1.165, 1.54) is 6.07 Å². The highest BCUT2D eigenvalue weighted by molar-refractivity contribution is 5.67. The Morgan fingerprint density at radius 3 is 2.78 bits per heavy atom. The van der Waals surface area contributed by atoms with E-state index in [2.05, 4.69) is 34.1 Å². The molecule has 0 unspecified atom stereocenters. The molecule has 27 heavy (non-hydrogen) atoms. The molecule has 1 saturated heterocycles. The predicted octanol–water partition coefficient (Wildman–Crippen LogP) is 3.05. The van der Waals surface area contributed by atoms with E-state index in [-0.39, 0.29) is 18.0 Å². The Balaban J connectivity index is 1.71. The fourth-order valence-corrected chi connectivity index (χ4v) is 3.61. The molecule has 3 heterocycles. The molecule has 142 valence electrons. The Morgan fingerprint density at radius 2 is 2.04 bits per heavy atom. The summed E-state index contributed by atoms with van der Waals surface area (Å²) in [5.41, 5.74) is 1.73. The third kappa shape index (κ3) is 3.40. The van der Waals surface area contributed by atoms with Gasteiger partial charge in [0.15, 0.2) is 5.65 Å². The van der Waals surface area contributed by atoms with Crippen LogP contribution < -0.4 is 5.32 Å². The smallest absolute Gasteiger partial charge is 0.157 e. The standard InChI is InChI=1S/C20H24FN5O/c1-13(2)25-11-17(18(12-25)27-3)24-20-10-16(14-6-4-5-7-15(14)21)23-19-8-9-22-26(19)20/h4-10,13,17-18,24H,11-12H2,1-3H3/t17-,18-/m1/s1. The van der Waals surface area contributed by atoms with Crippen molar-refractivity contribution in [1.29, 1.82) is 0 Å². The van der Waals surface area contributed by atoms with Gasteiger partial charge in [-0.25, -0.2) is 9.37 Å². The van der Waals surface area contributed by atoms with E-state index >= 15 is 0 Å². The Bertz CT molecular complexity index is 941. The summed E-state index contributed by atoms with van der Waals surface area (Å²) in [5, 5.41) is 7.92. The van der Waals surface area contributed by atoms with E-state index in [9.17, 15) is 4.39 Å². The number of methoxy groups -OCH3 is 1. The first-order chi connectivity index (χ1) is 13.1. The molecule has 1 aliphatic rings. The van der Waals surface area contributed by atoms with Gasteiger partial charge in [0.25, 0.3) is 0 Å². The van der Waals surface area contributed by atoms with Crippen LogP contribution in [0.2, 0.25) is 0 Å². The average molecular weight is 369 g/mol. The highest BCUT2D eigenvalue weighted by atomic mass is 19.1. The third-order valence-electron chi connectivity index (χ3n) is 5.17. The molecule has 1 N–H and O–H groups in total. The van der Waals surface area contributed by atoms with Crippen molar-refractivity contribution in [2.45, 2.75) is 32.0 Å². The van der Waals surface area contributed by atoms with Gasteiger partial charge in [-0.15, -0.1) is 0 Å². The number of nitrogens with one attached hydrogen (secondary N) is 1. The summed E-state index contributed by atoms with van der Waals surface area (Å²) in [6, 6.07) is 10.9. The van der Waals surface area contributed by atoms with Crippen LogP contribution in [0.5, 0.6) is 0 Å². The van der Waals surface area contributed by atoms with Gasteiger partial charge in [-0.05, 0) is 26.0 Å². The van der Waals surface area contributed by atoms with E-state index in [0.717, 1.165) is 18.9 Å². The number of fused-ring (bicyclic) bond motifs is 1. The van der Waals surface area contributed by atoms with Crippen LogP contribution in [-0.4, -0.2) is 57.9 Å². The van der Waals surface area contributed by atoms with Crippen molar-refractivity contribution in [3.05, 3.63) is 48.4 Å². The molecule has 0 radical (unpaired) electrons. The fourth-order valence-electron chi connectivity index (χ4n) is 3.61. The number of hydrogen-bond acceptors (Lipinski definition) is 5. The highest BCUT2D eigenvalue weighted by Crippen LogP contribution is 2.26. The zero-order chi connectivity index (χ0) is 19.0. The summed E-state index contributed by atoms with van der Waals surface area (Å²) in [4.78, 5) is 6.94. The van der Waals surface area contributed by atoms with Crippen LogP contribution in [0.25, 0.3) is 16.9 Å². The van der Waals surface area contributed by atoms with Crippen LogP contribution in [0.15, 0.2) is 42.6 Å². The van der Waals surface area contributed by atoms with Crippen molar-refractivity contribution in [3.63, 3.8) is 0 Å². The fraction of sp³-hybridized carbons (Fsp3) is 0.400. The van der Waals surface area contributed by atoms with E-state index in [1.807, 2.05) is 18.2 Å². The van der Waals surface area contributed by atoms with Crippen LogP contribution in [0, 0.1) is 5.82 Å². The largest absolute Gasteiger partial charge is 0.378 e. The number of aromatic nitrogens is 3. The van der Waals surface area contributed by atoms with Crippen molar-refractivity contribution in [1.82, 2.24) is 19.5 Å². The van der Waals surface area contributed by atoms with Gasteiger partial charge in [0.05, 0.1) is 24.0 Å². The van der Waals surface area contributed by atoms with Gasteiger partial charge in [0.2, 0.25) is 0 Å². The lowest BCUT2D eigenvalue weighted by atomic mass is 10.1. The maximum atomic E-state index is 14.3. The van der Waals surface area contributed by atoms with E-state index in [4.69, 9.17) is 4.74 Å². The minimum Gasteiger partial charge on any atom is -0.378 e. The maximum Gasteiger partial charge on any atom is 0.157 e. The monoisotopic (exact) mass is 369 g/mol. The molecule has 0 spiro atoms. The third-order valence-corrected chi connectivity index (χ3v) is 5.17. The van der Waals surface area contributed by atoms with Gasteiger partial charge in [-0.3, -0.25) is 4.90 Å². The molecule has 0 aliphatic carbocycles. The SMILES string of the molecule is CO[C@@H]1CN(C(C)C)C[C@H]1Nc1cc(-c2ccccc2F)nc2ccnn12. The zero-order valence-electron chi connectivity index (χ0n) is 15.8. The topological polar surface area (TPSA) is 54.7 Å². The summed E-state index contributed by atoms with van der Waals surface area (Å²) in [7, 11) is 1.74. The van der Waals surface area contributed by atoms with Gasteiger partial charge in [0, 0.05) is 43.9 Å². The molecule has 1 aliphatic heterocycles. The number of rotatable bonds is 5. The normalized spacial score (nSPS) is 20.6. The van der Waals surface area contributed by atoms with Crippen molar-refractivity contribution in [3.8, 4) is 11.3 Å². The first kappa shape index (κ1) is 17.9.